The second kappa shape index (κ2) is 6.08. The quantitative estimate of drug-likeness (QED) is 0.505. The van der Waals surface area contributed by atoms with Crippen molar-refractivity contribution >= 4 is 17.5 Å². The van der Waals surface area contributed by atoms with Crippen molar-refractivity contribution in [3.05, 3.63) is 34.4 Å². The summed E-state index contributed by atoms with van der Waals surface area (Å²) in [6.07, 6.45) is 1.90. The lowest BCUT2D eigenvalue weighted by Gasteiger charge is -2.09. The first-order chi connectivity index (χ1) is 9.88. The van der Waals surface area contributed by atoms with Crippen LogP contribution in [0.15, 0.2) is 17.2 Å². The fraction of sp³-hybridized carbons (Fsp3) is 0.438. The smallest absolute Gasteiger partial charge is 0.329 e. The molecule has 0 aliphatic heterocycles. The van der Waals surface area contributed by atoms with E-state index in [4.69, 9.17) is 0 Å². The number of amides is 2. The number of rotatable bonds is 3. The second-order valence-electron chi connectivity index (χ2n) is 5.64. The lowest BCUT2D eigenvalue weighted by atomic mass is 9.98. The molecule has 1 aliphatic rings. The number of aryl methyl sites for hydroxylation is 3. The molecule has 0 unspecified atom stereocenters. The lowest BCUT2D eigenvalue weighted by molar-refractivity contribution is -0.139. The maximum Gasteiger partial charge on any atom is 0.329 e. The van der Waals surface area contributed by atoms with Crippen molar-refractivity contribution in [2.45, 2.75) is 46.6 Å². The largest absolute Gasteiger partial charge is 0.345 e. The molecule has 1 aliphatic carbocycles. The van der Waals surface area contributed by atoms with Gasteiger partial charge in [-0.3, -0.25) is 9.59 Å². The van der Waals surface area contributed by atoms with E-state index >= 15 is 0 Å². The van der Waals surface area contributed by atoms with E-state index in [0.29, 0.717) is 5.71 Å². The summed E-state index contributed by atoms with van der Waals surface area (Å²) in [5.74, 6) is -1.34. The van der Waals surface area contributed by atoms with E-state index in [1.54, 1.807) is 0 Å². The van der Waals surface area contributed by atoms with Gasteiger partial charge in [0.25, 0.3) is 0 Å². The van der Waals surface area contributed by atoms with E-state index in [2.05, 4.69) is 28.8 Å². The molecule has 1 saturated carbocycles. The number of benzene rings is 1. The van der Waals surface area contributed by atoms with Gasteiger partial charge in [0.1, 0.15) is 0 Å². The van der Waals surface area contributed by atoms with Crippen LogP contribution in [-0.4, -0.2) is 23.6 Å². The molecule has 112 valence electrons. The Balaban J connectivity index is 2.04. The van der Waals surface area contributed by atoms with Gasteiger partial charge in [0.15, 0.2) is 0 Å². The minimum Gasteiger partial charge on any atom is -0.345 e. The van der Waals surface area contributed by atoms with Crippen LogP contribution in [0.4, 0.5) is 0 Å². The highest BCUT2D eigenvalue weighted by atomic mass is 16.2. The molecule has 5 heteroatoms. The third kappa shape index (κ3) is 3.90. The minimum atomic E-state index is -0.720. The van der Waals surface area contributed by atoms with Crippen LogP contribution in [0, 0.1) is 20.8 Å². The summed E-state index contributed by atoms with van der Waals surface area (Å²) in [6, 6.07) is 4.29. The molecule has 0 bridgehead atoms. The summed E-state index contributed by atoms with van der Waals surface area (Å²) in [4.78, 5) is 23.1. The van der Waals surface area contributed by atoms with Crippen molar-refractivity contribution in [1.82, 2.24) is 10.7 Å². The number of hydrogen-bond donors (Lipinski definition) is 2. The first kappa shape index (κ1) is 15.2. The molecule has 1 aromatic carbocycles. The van der Waals surface area contributed by atoms with Gasteiger partial charge in [0.2, 0.25) is 0 Å². The van der Waals surface area contributed by atoms with Crippen LogP contribution < -0.4 is 10.7 Å². The second-order valence-corrected chi connectivity index (χ2v) is 5.64. The van der Waals surface area contributed by atoms with E-state index in [9.17, 15) is 9.59 Å². The Morgan fingerprint density at radius 2 is 1.67 bits per heavy atom. The van der Waals surface area contributed by atoms with Gasteiger partial charge in [0, 0.05) is 11.6 Å². The average Bonchev–Trinajstić information content (AvgIpc) is 3.23. The molecule has 1 aromatic rings. The number of hydrogen-bond acceptors (Lipinski definition) is 3. The van der Waals surface area contributed by atoms with Crippen molar-refractivity contribution in [2.24, 2.45) is 5.10 Å². The van der Waals surface area contributed by atoms with Crippen LogP contribution in [0.5, 0.6) is 0 Å². The summed E-state index contributed by atoms with van der Waals surface area (Å²) >= 11 is 0. The summed E-state index contributed by atoms with van der Waals surface area (Å²) in [5.41, 5.74) is 7.45. The highest BCUT2D eigenvalue weighted by Crippen LogP contribution is 2.18. The fourth-order valence-electron chi connectivity index (χ4n) is 2.07. The van der Waals surface area contributed by atoms with Crippen LogP contribution in [0.1, 0.15) is 42.0 Å². The zero-order chi connectivity index (χ0) is 15.6. The first-order valence-electron chi connectivity index (χ1n) is 7.12. The highest BCUT2D eigenvalue weighted by molar-refractivity contribution is 6.35. The van der Waals surface area contributed by atoms with E-state index in [1.165, 1.54) is 11.1 Å². The molecular weight excluding hydrogens is 266 g/mol. The van der Waals surface area contributed by atoms with Gasteiger partial charge in [0.05, 0.1) is 5.71 Å². The average molecular weight is 287 g/mol. The molecule has 0 radical (unpaired) electrons. The van der Waals surface area contributed by atoms with Crippen molar-refractivity contribution in [1.29, 1.82) is 0 Å². The maximum atomic E-state index is 11.6. The van der Waals surface area contributed by atoms with Gasteiger partial charge in [-0.1, -0.05) is 6.07 Å². The standard InChI is InChI=1S/C16H21N3O2/c1-9-7-11(3)14(8-10(9)2)12(4)18-19-16(21)15(20)17-13-5-6-13/h7-8,13H,5-6H2,1-4H3,(H,17,20)(H,19,21)/b18-12-. The Kier molecular flexibility index (Phi) is 4.40. The molecule has 1 fully saturated rings. The molecule has 2 amide bonds. The van der Waals surface area contributed by atoms with E-state index in [0.717, 1.165) is 24.0 Å². The highest BCUT2D eigenvalue weighted by Gasteiger charge is 2.26. The number of nitrogens with one attached hydrogen (secondary N) is 2. The molecular formula is C16H21N3O2. The Morgan fingerprint density at radius 3 is 2.29 bits per heavy atom. The number of hydrazone groups is 1. The molecule has 0 atom stereocenters. The Hall–Kier alpha value is -2.17. The molecule has 21 heavy (non-hydrogen) atoms. The van der Waals surface area contributed by atoms with E-state index in [-0.39, 0.29) is 6.04 Å². The van der Waals surface area contributed by atoms with Crippen LogP contribution >= 0.6 is 0 Å². The molecule has 0 heterocycles. The van der Waals surface area contributed by atoms with Crippen molar-refractivity contribution in [3.8, 4) is 0 Å². The lowest BCUT2D eigenvalue weighted by Crippen LogP contribution is -2.39. The number of carbonyl (C=O) groups is 2. The van der Waals surface area contributed by atoms with Crippen LogP contribution in [-0.2, 0) is 9.59 Å². The predicted octanol–water partition coefficient (Wildman–Crippen LogP) is 1.73. The molecule has 0 spiro atoms. The minimum absolute atomic E-state index is 0.162. The number of carbonyl (C=O) groups excluding carboxylic acids is 2. The third-order valence-corrected chi connectivity index (χ3v) is 3.67. The van der Waals surface area contributed by atoms with Crippen molar-refractivity contribution in [2.75, 3.05) is 0 Å². The Morgan fingerprint density at radius 1 is 1.05 bits per heavy atom. The predicted molar refractivity (Wildman–Crippen MR) is 82.2 cm³/mol. The van der Waals surface area contributed by atoms with E-state index < -0.39 is 11.8 Å². The molecule has 0 saturated heterocycles. The molecule has 2 N–H and O–H groups in total. The SMILES string of the molecule is C/C(=N/NC(=O)C(=O)NC1CC1)c1cc(C)c(C)cc1C. The summed E-state index contributed by atoms with van der Waals surface area (Å²) in [5, 5.41) is 6.66. The summed E-state index contributed by atoms with van der Waals surface area (Å²) < 4.78 is 0. The van der Waals surface area contributed by atoms with E-state index in [1.807, 2.05) is 26.8 Å². The van der Waals surface area contributed by atoms with Gasteiger partial charge in [-0.05, 0) is 63.3 Å². The van der Waals surface area contributed by atoms with Crippen LogP contribution in [0.2, 0.25) is 0 Å². The van der Waals surface area contributed by atoms with Crippen molar-refractivity contribution < 1.29 is 9.59 Å². The van der Waals surface area contributed by atoms with Crippen molar-refractivity contribution in [3.63, 3.8) is 0 Å². The first-order valence-corrected chi connectivity index (χ1v) is 7.12. The summed E-state index contributed by atoms with van der Waals surface area (Å²) in [6.45, 7) is 7.91. The van der Waals surface area contributed by atoms with Gasteiger partial charge in [-0.2, -0.15) is 5.10 Å². The summed E-state index contributed by atoms with van der Waals surface area (Å²) in [7, 11) is 0. The number of nitrogens with zero attached hydrogens (tertiary/aromatic N) is 1. The van der Waals surface area contributed by atoms with Crippen LogP contribution in [0.3, 0.4) is 0 Å². The third-order valence-electron chi connectivity index (χ3n) is 3.67. The maximum absolute atomic E-state index is 11.6. The van der Waals surface area contributed by atoms with Gasteiger partial charge in [-0.25, -0.2) is 5.43 Å². The normalized spacial score (nSPS) is 14.8. The van der Waals surface area contributed by atoms with Gasteiger partial charge in [-0.15, -0.1) is 0 Å². The van der Waals surface area contributed by atoms with Gasteiger partial charge >= 0.3 is 11.8 Å². The van der Waals surface area contributed by atoms with Gasteiger partial charge < -0.3 is 5.32 Å². The molecule has 2 rings (SSSR count). The monoisotopic (exact) mass is 287 g/mol. The topological polar surface area (TPSA) is 70.6 Å². The Labute approximate surface area is 124 Å². The zero-order valence-electron chi connectivity index (χ0n) is 12.9. The van der Waals surface area contributed by atoms with Crippen LogP contribution in [0.25, 0.3) is 0 Å². The zero-order valence-corrected chi connectivity index (χ0v) is 12.9. The molecule has 0 aromatic heterocycles. The fourth-order valence-corrected chi connectivity index (χ4v) is 2.07. The Bertz CT molecular complexity index is 616. The molecule has 5 nitrogen and oxygen atoms in total.